The first-order valence-electron chi connectivity index (χ1n) is 6.25. The number of benzene rings is 1. The summed E-state index contributed by atoms with van der Waals surface area (Å²) in [5.41, 5.74) is 1.32. The van der Waals surface area contributed by atoms with E-state index in [1.54, 1.807) is 6.08 Å². The molecule has 1 aromatic carbocycles. The molecule has 0 aliphatic heterocycles. The van der Waals surface area contributed by atoms with E-state index < -0.39 is 0 Å². The number of thiophene rings is 1. The molecule has 0 saturated carbocycles. The maximum atomic E-state index is 5.62. The van der Waals surface area contributed by atoms with Crippen molar-refractivity contribution in [2.45, 2.75) is 20.1 Å². The maximum absolute atomic E-state index is 5.62. The van der Waals surface area contributed by atoms with Gasteiger partial charge in [0.15, 0.2) is 0 Å². The highest BCUT2D eigenvalue weighted by molar-refractivity contribution is 7.19. The molecule has 2 rings (SSSR count). The number of hydrogen-bond acceptors (Lipinski definition) is 3. The van der Waals surface area contributed by atoms with Crippen LogP contribution in [0.4, 0.5) is 0 Å². The first-order valence-corrected chi connectivity index (χ1v) is 7.07. The molecule has 2 aromatic rings. The Morgan fingerprint density at radius 2 is 2.22 bits per heavy atom. The molecule has 96 valence electrons. The van der Waals surface area contributed by atoms with Gasteiger partial charge in [-0.05, 0) is 18.0 Å². The van der Waals surface area contributed by atoms with Crippen molar-refractivity contribution in [2.24, 2.45) is 0 Å². The summed E-state index contributed by atoms with van der Waals surface area (Å²) < 4.78 is 6.95. The first-order chi connectivity index (χ1) is 8.86. The SMILES string of the molecule is C=CCOCc1c(CNCC)sc2ccccc12. The fourth-order valence-corrected chi connectivity index (χ4v) is 3.11. The smallest absolute Gasteiger partial charge is 0.0738 e. The number of hydrogen-bond donors (Lipinski definition) is 1. The van der Waals surface area contributed by atoms with Crippen LogP contribution in [-0.4, -0.2) is 13.2 Å². The van der Waals surface area contributed by atoms with Gasteiger partial charge in [-0.1, -0.05) is 31.2 Å². The number of nitrogens with one attached hydrogen (secondary N) is 1. The number of ether oxygens (including phenoxy) is 1. The van der Waals surface area contributed by atoms with Gasteiger partial charge in [0.1, 0.15) is 0 Å². The number of rotatable bonds is 7. The minimum Gasteiger partial charge on any atom is -0.373 e. The van der Waals surface area contributed by atoms with Crippen molar-refractivity contribution < 1.29 is 4.74 Å². The molecule has 18 heavy (non-hydrogen) atoms. The van der Waals surface area contributed by atoms with Gasteiger partial charge in [0.2, 0.25) is 0 Å². The molecule has 0 bridgehead atoms. The molecule has 1 N–H and O–H groups in total. The minimum atomic E-state index is 0.602. The Balaban J connectivity index is 2.28. The van der Waals surface area contributed by atoms with Crippen molar-refractivity contribution >= 4 is 21.4 Å². The van der Waals surface area contributed by atoms with Crippen molar-refractivity contribution in [1.29, 1.82) is 0 Å². The summed E-state index contributed by atoms with van der Waals surface area (Å²) in [5, 5.41) is 4.71. The first kappa shape index (κ1) is 13.3. The molecule has 0 unspecified atom stereocenters. The molecular formula is C15H19NOS. The van der Waals surface area contributed by atoms with Crippen molar-refractivity contribution in [2.75, 3.05) is 13.2 Å². The summed E-state index contributed by atoms with van der Waals surface area (Å²) >= 11 is 1.85. The molecule has 3 heteroatoms. The summed E-state index contributed by atoms with van der Waals surface area (Å²) in [7, 11) is 0. The molecule has 0 amide bonds. The lowest BCUT2D eigenvalue weighted by atomic mass is 10.1. The number of fused-ring (bicyclic) bond motifs is 1. The van der Waals surface area contributed by atoms with E-state index in [0.717, 1.165) is 13.1 Å². The standard InChI is InChI=1S/C15H19NOS/c1-3-9-17-11-13-12-7-5-6-8-14(12)18-15(13)10-16-4-2/h3,5-8,16H,1,4,9-11H2,2H3. The Bertz CT molecular complexity index is 518. The third-order valence-electron chi connectivity index (χ3n) is 2.80. The van der Waals surface area contributed by atoms with Gasteiger partial charge >= 0.3 is 0 Å². The van der Waals surface area contributed by atoms with E-state index in [9.17, 15) is 0 Å². The molecule has 1 heterocycles. The fraction of sp³-hybridized carbons (Fsp3) is 0.333. The average Bonchev–Trinajstić information content (AvgIpc) is 2.75. The zero-order valence-electron chi connectivity index (χ0n) is 10.7. The largest absolute Gasteiger partial charge is 0.373 e. The van der Waals surface area contributed by atoms with Gasteiger partial charge in [-0.2, -0.15) is 0 Å². The molecule has 0 spiro atoms. The summed E-state index contributed by atoms with van der Waals surface area (Å²) in [6, 6.07) is 8.52. The quantitative estimate of drug-likeness (QED) is 0.606. The van der Waals surface area contributed by atoms with Crippen LogP contribution < -0.4 is 5.32 Å². The van der Waals surface area contributed by atoms with E-state index in [4.69, 9.17) is 4.74 Å². The van der Waals surface area contributed by atoms with Gasteiger partial charge in [-0.15, -0.1) is 17.9 Å². The predicted octanol–water partition coefficient (Wildman–Crippen LogP) is 3.71. The highest BCUT2D eigenvalue weighted by Crippen LogP contribution is 2.31. The van der Waals surface area contributed by atoms with Crippen molar-refractivity contribution in [1.82, 2.24) is 5.32 Å². The summed E-state index contributed by atoms with van der Waals surface area (Å²) in [5.74, 6) is 0. The monoisotopic (exact) mass is 261 g/mol. The Kier molecular flexibility index (Phi) is 4.93. The van der Waals surface area contributed by atoms with Crippen molar-refractivity contribution in [3.05, 3.63) is 47.4 Å². The van der Waals surface area contributed by atoms with Crippen LogP contribution >= 0.6 is 11.3 Å². The second kappa shape index (κ2) is 6.69. The predicted molar refractivity (Wildman–Crippen MR) is 79.1 cm³/mol. The Morgan fingerprint density at radius 1 is 1.39 bits per heavy atom. The van der Waals surface area contributed by atoms with Crippen LogP contribution in [0.2, 0.25) is 0 Å². The normalized spacial score (nSPS) is 10.9. The Hall–Kier alpha value is -1.16. The fourth-order valence-electron chi connectivity index (χ4n) is 1.93. The second-order valence-electron chi connectivity index (χ2n) is 4.08. The van der Waals surface area contributed by atoms with Crippen LogP contribution in [0.1, 0.15) is 17.4 Å². The molecule has 0 fully saturated rings. The van der Waals surface area contributed by atoms with E-state index in [-0.39, 0.29) is 0 Å². The van der Waals surface area contributed by atoms with Crippen LogP contribution in [0.15, 0.2) is 36.9 Å². The summed E-state index contributed by atoms with van der Waals surface area (Å²) in [6.07, 6.45) is 1.79. The lowest BCUT2D eigenvalue weighted by Gasteiger charge is -2.05. The van der Waals surface area contributed by atoms with Gasteiger partial charge in [0.05, 0.1) is 13.2 Å². The average molecular weight is 261 g/mol. The van der Waals surface area contributed by atoms with E-state index in [1.807, 2.05) is 11.3 Å². The highest BCUT2D eigenvalue weighted by atomic mass is 32.1. The van der Waals surface area contributed by atoms with Gasteiger partial charge in [0.25, 0.3) is 0 Å². The topological polar surface area (TPSA) is 21.3 Å². The zero-order valence-corrected chi connectivity index (χ0v) is 11.6. The third kappa shape index (κ3) is 2.99. The van der Waals surface area contributed by atoms with Gasteiger partial charge in [-0.3, -0.25) is 0 Å². The highest BCUT2D eigenvalue weighted by Gasteiger charge is 2.11. The molecule has 0 aliphatic carbocycles. The van der Waals surface area contributed by atoms with Crippen LogP contribution in [0, 0.1) is 0 Å². The molecular weight excluding hydrogens is 242 g/mol. The molecule has 0 aliphatic rings. The lowest BCUT2D eigenvalue weighted by Crippen LogP contribution is -2.12. The Morgan fingerprint density at radius 3 is 3.00 bits per heavy atom. The van der Waals surface area contributed by atoms with E-state index in [2.05, 4.69) is 43.1 Å². The van der Waals surface area contributed by atoms with Crippen LogP contribution in [-0.2, 0) is 17.9 Å². The van der Waals surface area contributed by atoms with Gasteiger partial charge < -0.3 is 10.1 Å². The lowest BCUT2D eigenvalue weighted by molar-refractivity contribution is 0.149. The zero-order chi connectivity index (χ0) is 12.8. The molecule has 2 nitrogen and oxygen atoms in total. The van der Waals surface area contributed by atoms with Gasteiger partial charge in [-0.25, -0.2) is 0 Å². The van der Waals surface area contributed by atoms with Crippen LogP contribution in [0.25, 0.3) is 10.1 Å². The van der Waals surface area contributed by atoms with E-state index in [1.165, 1.54) is 20.5 Å². The Labute approximate surface area is 112 Å². The minimum absolute atomic E-state index is 0.602. The summed E-state index contributed by atoms with van der Waals surface area (Å²) in [6.45, 7) is 8.98. The molecule has 0 radical (unpaired) electrons. The molecule has 0 saturated heterocycles. The summed E-state index contributed by atoms with van der Waals surface area (Å²) in [4.78, 5) is 1.38. The second-order valence-corrected chi connectivity index (χ2v) is 5.22. The van der Waals surface area contributed by atoms with Crippen molar-refractivity contribution in [3.8, 4) is 0 Å². The van der Waals surface area contributed by atoms with Gasteiger partial charge in [0, 0.05) is 21.7 Å². The van der Waals surface area contributed by atoms with E-state index in [0.29, 0.717) is 13.2 Å². The van der Waals surface area contributed by atoms with Crippen LogP contribution in [0.5, 0.6) is 0 Å². The van der Waals surface area contributed by atoms with Crippen molar-refractivity contribution in [3.63, 3.8) is 0 Å². The molecule has 0 atom stereocenters. The molecule has 1 aromatic heterocycles. The van der Waals surface area contributed by atoms with E-state index >= 15 is 0 Å². The maximum Gasteiger partial charge on any atom is 0.0738 e. The third-order valence-corrected chi connectivity index (χ3v) is 4.01. The van der Waals surface area contributed by atoms with Crippen LogP contribution in [0.3, 0.4) is 0 Å².